The average molecular weight is 371 g/mol. The number of carboxylic acid groups (broad SMARTS) is 1. The van der Waals surface area contributed by atoms with Crippen molar-refractivity contribution in [3.63, 3.8) is 0 Å². The second-order valence-corrected chi connectivity index (χ2v) is 6.76. The Labute approximate surface area is 154 Å². The SMILES string of the molecule is O=C1C=C(c2ccc(C(=O)O)c(Cl)c2)CC(c2ccc3c(c2)OCO3)C1. The summed E-state index contributed by atoms with van der Waals surface area (Å²) < 4.78 is 10.8. The monoisotopic (exact) mass is 370 g/mol. The smallest absolute Gasteiger partial charge is 0.337 e. The number of ketones is 1. The minimum absolute atomic E-state index is 0.0231. The number of halogens is 1. The first-order chi connectivity index (χ1) is 12.5. The Kier molecular flexibility index (Phi) is 4.17. The number of fused-ring (bicyclic) bond motifs is 1. The van der Waals surface area contributed by atoms with Crippen LogP contribution < -0.4 is 9.47 Å². The molecule has 2 aromatic rings. The quantitative estimate of drug-likeness (QED) is 0.872. The number of carbonyl (C=O) groups is 2. The van der Waals surface area contributed by atoms with Gasteiger partial charge in [-0.15, -0.1) is 0 Å². The minimum Gasteiger partial charge on any atom is -0.478 e. The van der Waals surface area contributed by atoms with Gasteiger partial charge in [-0.25, -0.2) is 4.79 Å². The van der Waals surface area contributed by atoms with Gasteiger partial charge < -0.3 is 14.6 Å². The zero-order valence-corrected chi connectivity index (χ0v) is 14.5. The molecule has 0 saturated heterocycles. The van der Waals surface area contributed by atoms with Gasteiger partial charge in [-0.3, -0.25) is 4.79 Å². The number of ether oxygens (including phenoxy) is 2. The molecule has 0 radical (unpaired) electrons. The molecule has 0 saturated carbocycles. The molecular weight excluding hydrogens is 356 g/mol. The van der Waals surface area contributed by atoms with E-state index in [0.717, 1.165) is 16.7 Å². The molecule has 0 fully saturated rings. The van der Waals surface area contributed by atoms with Crippen molar-refractivity contribution < 1.29 is 24.2 Å². The van der Waals surface area contributed by atoms with E-state index in [2.05, 4.69) is 0 Å². The number of rotatable bonds is 3. The molecule has 0 bridgehead atoms. The third-order valence-electron chi connectivity index (χ3n) is 4.69. The molecule has 1 N–H and O–H groups in total. The summed E-state index contributed by atoms with van der Waals surface area (Å²) >= 11 is 6.07. The first-order valence-corrected chi connectivity index (χ1v) is 8.55. The normalized spacial score (nSPS) is 18.6. The van der Waals surface area contributed by atoms with Gasteiger partial charge in [0.2, 0.25) is 6.79 Å². The lowest BCUT2D eigenvalue weighted by Gasteiger charge is -2.23. The van der Waals surface area contributed by atoms with Crippen molar-refractivity contribution in [2.24, 2.45) is 0 Å². The Balaban J connectivity index is 1.63. The van der Waals surface area contributed by atoms with Crippen LogP contribution in [0.2, 0.25) is 5.02 Å². The minimum atomic E-state index is -1.08. The molecule has 5 nitrogen and oxygen atoms in total. The van der Waals surface area contributed by atoms with E-state index in [-0.39, 0.29) is 29.1 Å². The van der Waals surface area contributed by atoms with E-state index in [0.29, 0.717) is 24.3 Å². The molecule has 0 amide bonds. The Morgan fingerprint density at radius 1 is 1.08 bits per heavy atom. The van der Waals surface area contributed by atoms with Crippen molar-refractivity contribution in [2.45, 2.75) is 18.8 Å². The lowest BCUT2D eigenvalue weighted by atomic mass is 9.81. The molecule has 0 spiro atoms. The molecule has 132 valence electrons. The molecule has 1 aliphatic heterocycles. The van der Waals surface area contributed by atoms with Crippen LogP contribution in [0.3, 0.4) is 0 Å². The van der Waals surface area contributed by atoms with Crippen LogP contribution in [-0.2, 0) is 4.79 Å². The highest BCUT2D eigenvalue weighted by molar-refractivity contribution is 6.33. The Hall–Kier alpha value is -2.79. The second-order valence-electron chi connectivity index (χ2n) is 6.35. The zero-order chi connectivity index (χ0) is 18.3. The highest BCUT2D eigenvalue weighted by atomic mass is 35.5. The number of benzene rings is 2. The van der Waals surface area contributed by atoms with E-state index in [1.54, 1.807) is 18.2 Å². The van der Waals surface area contributed by atoms with Gasteiger partial charge in [-0.1, -0.05) is 23.7 Å². The van der Waals surface area contributed by atoms with Crippen LogP contribution in [0.4, 0.5) is 0 Å². The molecule has 2 aromatic carbocycles. The van der Waals surface area contributed by atoms with Gasteiger partial charge in [0.05, 0.1) is 10.6 Å². The maximum atomic E-state index is 12.3. The van der Waals surface area contributed by atoms with Gasteiger partial charge in [0.15, 0.2) is 17.3 Å². The van der Waals surface area contributed by atoms with Gasteiger partial charge in [0, 0.05) is 6.42 Å². The standard InChI is InChI=1S/C20H15ClO5/c21-17-8-11(1-3-16(17)20(23)24)13-5-14(7-15(22)6-13)12-2-4-18-19(9-12)26-10-25-18/h1-4,6,8-9,14H,5,7,10H2,(H,23,24). The molecule has 26 heavy (non-hydrogen) atoms. The predicted octanol–water partition coefficient (Wildman–Crippen LogP) is 4.30. The van der Waals surface area contributed by atoms with Crippen LogP contribution in [-0.4, -0.2) is 23.7 Å². The van der Waals surface area contributed by atoms with E-state index in [1.807, 2.05) is 18.2 Å². The summed E-state index contributed by atoms with van der Waals surface area (Å²) in [6.07, 6.45) is 2.70. The maximum absolute atomic E-state index is 12.3. The number of hydrogen-bond donors (Lipinski definition) is 1. The molecule has 1 unspecified atom stereocenters. The van der Waals surface area contributed by atoms with Gasteiger partial charge in [-0.05, 0) is 59.4 Å². The highest BCUT2D eigenvalue weighted by Gasteiger charge is 2.25. The third-order valence-corrected chi connectivity index (χ3v) is 5.00. The van der Waals surface area contributed by atoms with Crippen LogP contribution >= 0.6 is 11.6 Å². The van der Waals surface area contributed by atoms with E-state index in [9.17, 15) is 9.59 Å². The second kappa shape index (κ2) is 6.50. The molecule has 1 atom stereocenters. The molecule has 1 aliphatic carbocycles. The molecule has 1 heterocycles. The van der Waals surface area contributed by atoms with Crippen molar-refractivity contribution >= 4 is 28.9 Å². The van der Waals surface area contributed by atoms with Crippen molar-refractivity contribution in [3.05, 3.63) is 64.2 Å². The molecule has 2 aliphatic rings. The lowest BCUT2D eigenvalue weighted by Crippen LogP contribution is -2.12. The first-order valence-electron chi connectivity index (χ1n) is 8.17. The lowest BCUT2D eigenvalue weighted by molar-refractivity contribution is -0.115. The Morgan fingerprint density at radius 2 is 1.88 bits per heavy atom. The summed E-state index contributed by atoms with van der Waals surface area (Å²) in [4.78, 5) is 23.4. The number of carbonyl (C=O) groups excluding carboxylic acids is 1. The van der Waals surface area contributed by atoms with Crippen LogP contribution in [0.1, 0.15) is 40.2 Å². The van der Waals surface area contributed by atoms with Crippen LogP contribution in [0, 0.1) is 0 Å². The van der Waals surface area contributed by atoms with E-state index in [4.69, 9.17) is 26.2 Å². The van der Waals surface area contributed by atoms with Crippen molar-refractivity contribution in [3.8, 4) is 11.5 Å². The van der Waals surface area contributed by atoms with Crippen LogP contribution in [0.5, 0.6) is 11.5 Å². The largest absolute Gasteiger partial charge is 0.478 e. The molecule has 0 aromatic heterocycles. The molecular formula is C20H15ClO5. The fourth-order valence-corrected chi connectivity index (χ4v) is 3.65. The highest BCUT2D eigenvalue weighted by Crippen LogP contribution is 2.41. The molecule has 6 heteroatoms. The van der Waals surface area contributed by atoms with E-state index >= 15 is 0 Å². The van der Waals surface area contributed by atoms with E-state index < -0.39 is 5.97 Å². The number of carboxylic acids is 1. The van der Waals surface area contributed by atoms with Crippen LogP contribution in [0.15, 0.2) is 42.5 Å². The summed E-state index contributed by atoms with van der Waals surface area (Å²) in [6, 6.07) is 10.5. The topological polar surface area (TPSA) is 72.8 Å². The van der Waals surface area contributed by atoms with Crippen molar-refractivity contribution in [2.75, 3.05) is 6.79 Å². The summed E-state index contributed by atoms with van der Waals surface area (Å²) in [5.74, 6) is 0.387. The number of hydrogen-bond acceptors (Lipinski definition) is 4. The van der Waals surface area contributed by atoms with Crippen molar-refractivity contribution in [1.29, 1.82) is 0 Å². The van der Waals surface area contributed by atoms with Gasteiger partial charge >= 0.3 is 5.97 Å². The van der Waals surface area contributed by atoms with Crippen LogP contribution in [0.25, 0.3) is 5.57 Å². The fraction of sp³-hybridized carbons (Fsp3) is 0.200. The van der Waals surface area contributed by atoms with Crippen molar-refractivity contribution in [1.82, 2.24) is 0 Å². The average Bonchev–Trinajstić information content (AvgIpc) is 3.08. The summed E-state index contributed by atoms with van der Waals surface area (Å²) in [6.45, 7) is 0.210. The van der Waals surface area contributed by atoms with Gasteiger partial charge in [0.1, 0.15) is 0 Å². The first kappa shape index (κ1) is 16.7. The van der Waals surface area contributed by atoms with E-state index in [1.165, 1.54) is 6.07 Å². The maximum Gasteiger partial charge on any atom is 0.337 e. The fourth-order valence-electron chi connectivity index (χ4n) is 3.38. The summed E-state index contributed by atoms with van der Waals surface area (Å²) in [5, 5.41) is 9.26. The zero-order valence-electron chi connectivity index (χ0n) is 13.7. The Bertz CT molecular complexity index is 947. The van der Waals surface area contributed by atoms with Gasteiger partial charge in [-0.2, -0.15) is 0 Å². The number of allylic oxidation sites excluding steroid dienone is 2. The van der Waals surface area contributed by atoms with Gasteiger partial charge in [0.25, 0.3) is 0 Å². The third kappa shape index (κ3) is 3.06. The molecule has 4 rings (SSSR count). The summed E-state index contributed by atoms with van der Waals surface area (Å²) in [7, 11) is 0. The number of aromatic carboxylic acids is 1. The predicted molar refractivity (Wildman–Crippen MR) is 95.9 cm³/mol. The summed E-state index contributed by atoms with van der Waals surface area (Å²) in [5.41, 5.74) is 2.67. The Morgan fingerprint density at radius 3 is 2.65 bits per heavy atom.